The first-order valence-electron chi connectivity index (χ1n) is 9.96. The van der Waals surface area contributed by atoms with Gasteiger partial charge in [-0.15, -0.1) is 0 Å². The molecule has 0 amide bonds. The van der Waals surface area contributed by atoms with Gasteiger partial charge in [0.15, 0.2) is 6.29 Å². The largest absolute Gasteiger partial charge is 0.495 e. The summed E-state index contributed by atoms with van der Waals surface area (Å²) < 4.78 is 5.35. The molecule has 0 aromatic heterocycles. The van der Waals surface area contributed by atoms with Crippen LogP contribution >= 0.6 is 0 Å². The Morgan fingerprint density at radius 3 is 2.42 bits per heavy atom. The predicted octanol–water partition coefficient (Wildman–Crippen LogP) is 7.13. The van der Waals surface area contributed by atoms with E-state index in [0.29, 0.717) is 12.4 Å². The smallest absolute Gasteiger partial charge is 0.150 e. The summed E-state index contributed by atoms with van der Waals surface area (Å²) in [5, 5.41) is 0. The molecule has 0 unspecified atom stereocenters. The summed E-state index contributed by atoms with van der Waals surface area (Å²) in [5.41, 5.74) is 2.97. The highest BCUT2D eigenvalue weighted by atomic mass is 16.5. The SMILES string of the molecule is C=C(C=CC=C(CCCCCCCCC)c1ccccc1C=O)OCC. The molecule has 0 fully saturated rings. The van der Waals surface area contributed by atoms with Gasteiger partial charge in [0, 0.05) is 5.56 Å². The molecule has 1 aromatic rings. The number of ether oxygens (including phenoxy) is 1. The first kappa shape index (κ1) is 22.0. The fourth-order valence-corrected chi connectivity index (χ4v) is 2.98. The van der Waals surface area contributed by atoms with Gasteiger partial charge in [-0.3, -0.25) is 4.79 Å². The quantitative estimate of drug-likeness (QED) is 0.154. The number of rotatable bonds is 14. The molecule has 2 nitrogen and oxygen atoms in total. The Morgan fingerprint density at radius 1 is 1.04 bits per heavy atom. The third kappa shape index (κ3) is 8.84. The van der Waals surface area contributed by atoms with Crippen LogP contribution in [0.2, 0.25) is 0 Å². The maximum atomic E-state index is 11.4. The molecule has 0 aliphatic carbocycles. The van der Waals surface area contributed by atoms with Crippen molar-refractivity contribution in [3.63, 3.8) is 0 Å². The second-order valence-electron chi connectivity index (χ2n) is 6.53. The van der Waals surface area contributed by atoms with Crippen molar-refractivity contribution in [3.05, 3.63) is 66.0 Å². The highest BCUT2D eigenvalue weighted by molar-refractivity contribution is 5.85. The first-order valence-corrected chi connectivity index (χ1v) is 9.96. The number of carbonyl (C=O) groups excluding carboxylic acids is 1. The molecular weight excluding hydrogens is 320 g/mol. The molecule has 0 spiro atoms. The van der Waals surface area contributed by atoms with Crippen molar-refractivity contribution >= 4 is 11.9 Å². The normalized spacial score (nSPS) is 11.7. The van der Waals surface area contributed by atoms with Crippen molar-refractivity contribution in [2.24, 2.45) is 0 Å². The minimum absolute atomic E-state index is 0.617. The standard InChI is InChI=1S/C24H34O2/c1-4-6-7-8-9-10-11-16-22(18-14-15-21(3)26-5-2)24-19-13-12-17-23(24)20-25/h12-15,17-20H,3-11,16H2,1-2H3. The van der Waals surface area contributed by atoms with Crippen molar-refractivity contribution < 1.29 is 9.53 Å². The van der Waals surface area contributed by atoms with Gasteiger partial charge in [-0.05, 0) is 37.0 Å². The number of benzene rings is 1. The molecule has 0 aliphatic heterocycles. The molecule has 0 radical (unpaired) electrons. The minimum Gasteiger partial charge on any atom is -0.495 e. The second-order valence-corrected chi connectivity index (χ2v) is 6.53. The van der Waals surface area contributed by atoms with Crippen LogP contribution in [0.5, 0.6) is 0 Å². The van der Waals surface area contributed by atoms with Crippen LogP contribution in [-0.4, -0.2) is 12.9 Å². The highest BCUT2D eigenvalue weighted by Crippen LogP contribution is 2.24. The van der Waals surface area contributed by atoms with E-state index in [1.165, 1.54) is 44.1 Å². The number of unbranched alkanes of at least 4 members (excludes halogenated alkanes) is 6. The summed E-state index contributed by atoms with van der Waals surface area (Å²) in [5.74, 6) is 0.655. The molecular formula is C24H34O2. The molecule has 0 saturated heterocycles. The predicted molar refractivity (Wildman–Crippen MR) is 112 cm³/mol. The maximum absolute atomic E-state index is 11.4. The molecule has 0 bridgehead atoms. The fraction of sp³-hybridized carbons (Fsp3) is 0.458. The lowest BCUT2D eigenvalue weighted by Gasteiger charge is -2.10. The molecule has 1 rings (SSSR count). The van der Waals surface area contributed by atoms with E-state index in [-0.39, 0.29) is 0 Å². The number of hydrogen-bond acceptors (Lipinski definition) is 2. The van der Waals surface area contributed by atoms with Crippen LogP contribution in [0.4, 0.5) is 0 Å². The van der Waals surface area contributed by atoms with Gasteiger partial charge < -0.3 is 4.74 Å². The average molecular weight is 355 g/mol. The van der Waals surface area contributed by atoms with Crippen LogP contribution < -0.4 is 0 Å². The van der Waals surface area contributed by atoms with E-state index >= 15 is 0 Å². The van der Waals surface area contributed by atoms with Gasteiger partial charge in [-0.25, -0.2) is 0 Å². The Labute approximate surface area is 159 Å². The minimum atomic E-state index is 0.617. The Hall–Kier alpha value is -2.09. The van der Waals surface area contributed by atoms with Crippen molar-refractivity contribution in [2.45, 2.75) is 65.2 Å². The van der Waals surface area contributed by atoms with Crippen LogP contribution in [0, 0.1) is 0 Å². The van der Waals surface area contributed by atoms with Gasteiger partial charge in [-0.2, -0.15) is 0 Å². The van der Waals surface area contributed by atoms with Crippen molar-refractivity contribution in [2.75, 3.05) is 6.61 Å². The Bertz CT molecular complexity index is 596. The first-order chi connectivity index (χ1) is 12.7. The second kappa shape index (κ2) is 14.1. The Morgan fingerprint density at radius 2 is 1.73 bits per heavy atom. The number of hydrogen-bond donors (Lipinski definition) is 0. The third-order valence-electron chi connectivity index (χ3n) is 4.39. The van der Waals surface area contributed by atoms with Crippen LogP contribution in [0.25, 0.3) is 5.57 Å². The van der Waals surface area contributed by atoms with E-state index in [0.717, 1.165) is 30.3 Å². The molecule has 0 atom stereocenters. The van der Waals surface area contributed by atoms with Crippen LogP contribution in [0.15, 0.2) is 54.8 Å². The topological polar surface area (TPSA) is 26.3 Å². The summed E-state index contributed by atoms with van der Waals surface area (Å²) in [4.78, 5) is 11.4. The van der Waals surface area contributed by atoms with Crippen LogP contribution in [-0.2, 0) is 4.74 Å². The lowest BCUT2D eigenvalue weighted by atomic mass is 9.95. The van der Waals surface area contributed by atoms with E-state index in [1.54, 1.807) is 0 Å². The number of aldehydes is 1. The fourth-order valence-electron chi connectivity index (χ4n) is 2.98. The van der Waals surface area contributed by atoms with Gasteiger partial charge in [-0.1, -0.05) is 88.4 Å². The van der Waals surface area contributed by atoms with Gasteiger partial charge in [0.25, 0.3) is 0 Å². The molecule has 1 aromatic carbocycles. The van der Waals surface area contributed by atoms with E-state index in [1.807, 2.05) is 43.3 Å². The maximum Gasteiger partial charge on any atom is 0.150 e. The van der Waals surface area contributed by atoms with Crippen molar-refractivity contribution in [3.8, 4) is 0 Å². The van der Waals surface area contributed by atoms with E-state index < -0.39 is 0 Å². The van der Waals surface area contributed by atoms with E-state index in [4.69, 9.17) is 4.74 Å². The van der Waals surface area contributed by atoms with E-state index in [2.05, 4.69) is 19.6 Å². The van der Waals surface area contributed by atoms with Gasteiger partial charge in [0.1, 0.15) is 5.76 Å². The van der Waals surface area contributed by atoms with Crippen LogP contribution in [0.1, 0.15) is 81.1 Å². The molecule has 0 heterocycles. The lowest BCUT2D eigenvalue weighted by Crippen LogP contribution is -1.93. The molecule has 0 saturated carbocycles. The summed E-state index contributed by atoms with van der Waals surface area (Å²) in [6.07, 6.45) is 16.8. The summed E-state index contributed by atoms with van der Waals surface area (Å²) in [6, 6.07) is 7.81. The van der Waals surface area contributed by atoms with Gasteiger partial charge in [0.05, 0.1) is 6.61 Å². The van der Waals surface area contributed by atoms with Gasteiger partial charge in [0.2, 0.25) is 0 Å². The zero-order chi connectivity index (χ0) is 19.0. The average Bonchev–Trinajstić information content (AvgIpc) is 2.66. The molecule has 26 heavy (non-hydrogen) atoms. The summed E-state index contributed by atoms with van der Waals surface area (Å²) in [7, 11) is 0. The lowest BCUT2D eigenvalue weighted by molar-refractivity contribution is 0.112. The summed E-state index contributed by atoms with van der Waals surface area (Å²) in [6.45, 7) is 8.67. The Kier molecular flexibility index (Phi) is 11.9. The van der Waals surface area contributed by atoms with Gasteiger partial charge >= 0.3 is 0 Å². The third-order valence-corrected chi connectivity index (χ3v) is 4.39. The van der Waals surface area contributed by atoms with Crippen molar-refractivity contribution in [1.29, 1.82) is 0 Å². The highest BCUT2D eigenvalue weighted by Gasteiger charge is 2.06. The van der Waals surface area contributed by atoms with Crippen molar-refractivity contribution in [1.82, 2.24) is 0 Å². The Balaban J connectivity index is 2.73. The summed E-state index contributed by atoms with van der Waals surface area (Å²) >= 11 is 0. The molecule has 0 N–H and O–H groups in total. The monoisotopic (exact) mass is 354 g/mol. The van der Waals surface area contributed by atoms with E-state index in [9.17, 15) is 4.79 Å². The molecule has 0 aliphatic rings. The molecule has 2 heteroatoms. The zero-order valence-corrected chi connectivity index (χ0v) is 16.5. The number of carbonyl (C=O) groups is 1. The number of allylic oxidation sites excluding steroid dienone is 4. The molecule has 142 valence electrons. The zero-order valence-electron chi connectivity index (χ0n) is 16.5. The van der Waals surface area contributed by atoms with Crippen LogP contribution in [0.3, 0.4) is 0 Å².